The molecule has 0 spiro atoms. The Hall–Kier alpha value is -0.380. The maximum Gasteiger partial charge on any atom is 0.0810 e. The summed E-state index contributed by atoms with van der Waals surface area (Å²) in [7, 11) is 0. The lowest BCUT2D eigenvalue weighted by molar-refractivity contribution is 0.743. The van der Waals surface area contributed by atoms with E-state index in [9.17, 15) is 0 Å². The average molecular weight is 201 g/mol. The molecule has 0 amide bonds. The molecule has 2 rings (SSSR count). The molecule has 0 saturated heterocycles. The van der Waals surface area contributed by atoms with E-state index in [0.717, 1.165) is 18.8 Å². The van der Waals surface area contributed by atoms with E-state index >= 15 is 0 Å². The Labute approximate surface area is 80.4 Å². The van der Waals surface area contributed by atoms with Crippen LogP contribution in [0.4, 0.5) is 0 Å². The summed E-state index contributed by atoms with van der Waals surface area (Å²) in [5.74, 6) is 0. The fraction of sp³-hybridized carbons (Fsp3) is 0.375. The first-order valence-electron chi connectivity index (χ1n) is 3.82. The molecule has 0 radical (unpaired) electrons. The van der Waals surface area contributed by atoms with E-state index < -0.39 is 0 Å². The highest BCUT2D eigenvalue weighted by Crippen LogP contribution is 2.17. The molecule has 1 unspecified atom stereocenters. The largest absolute Gasteiger partial charge is 0.311 e. The van der Waals surface area contributed by atoms with Crippen molar-refractivity contribution in [1.29, 1.82) is 0 Å². The molecule has 12 heavy (non-hydrogen) atoms. The Balaban J connectivity index is 2.23. The summed E-state index contributed by atoms with van der Waals surface area (Å²) in [5.41, 5.74) is 2.26. The maximum atomic E-state index is 5.97. The van der Waals surface area contributed by atoms with Crippen LogP contribution in [-0.2, 0) is 0 Å². The van der Waals surface area contributed by atoms with E-state index in [0.29, 0.717) is 0 Å². The van der Waals surface area contributed by atoms with Crippen LogP contribution in [0.2, 0.25) is 0 Å². The fourth-order valence-corrected chi connectivity index (χ4v) is 2.04. The van der Waals surface area contributed by atoms with Gasteiger partial charge in [-0.1, -0.05) is 6.08 Å². The van der Waals surface area contributed by atoms with Crippen LogP contribution in [0.5, 0.6) is 0 Å². The zero-order valence-electron chi connectivity index (χ0n) is 6.46. The Morgan fingerprint density at radius 2 is 2.58 bits per heavy atom. The van der Waals surface area contributed by atoms with Gasteiger partial charge >= 0.3 is 0 Å². The number of nitrogens with zero attached hydrogens (tertiary/aromatic N) is 1. The third kappa shape index (κ3) is 1.68. The molecule has 1 aliphatic rings. The van der Waals surface area contributed by atoms with Crippen LogP contribution in [0.1, 0.15) is 5.69 Å². The topological polar surface area (TPSA) is 24.9 Å². The van der Waals surface area contributed by atoms with Crippen molar-refractivity contribution in [2.45, 2.75) is 5.38 Å². The summed E-state index contributed by atoms with van der Waals surface area (Å²) in [6, 6.07) is 2.02. The Kier molecular flexibility index (Phi) is 2.44. The van der Waals surface area contributed by atoms with Gasteiger partial charge in [-0.3, -0.25) is 0 Å². The van der Waals surface area contributed by atoms with Gasteiger partial charge in [-0.2, -0.15) is 4.37 Å². The highest BCUT2D eigenvalue weighted by molar-refractivity contribution is 7.03. The summed E-state index contributed by atoms with van der Waals surface area (Å²) < 4.78 is 4.25. The van der Waals surface area contributed by atoms with Gasteiger partial charge in [-0.05, 0) is 23.2 Å². The summed E-state index contributed by atoms with van der Waals surface area (Å²) in [4.78, 5) is 0. The molecule has 4 heteroatoms. The lowest BCUT2D eigenvalue weighted by Gasteiger charge is -2.16. The van der Waals surface area contributed by atoms with Crippen molar-refractivity contribution in [3.63, 3.8) is 0 Å². The number of alkyl halides is 1. The minimum atomic E-state index is 0.107. The highest BCUT2D eigenvalue weighted by atomic mass is 35.5. The highest BCUT2D eigenvalue weighted by Gasteiger charge is 2.12. The van der Waals surface area contributed by atoms with Gasteiger partial charge in [0.25, 0.3) is 0 Å². The summed E-state index contributed by atoms with van der Waals surface area (Å²) in [5, 5.41) is 5.32. The molecule has 0 aromatic carbocycles. The van der Waals surface area contributed by atoms with Crippen LogP contribution in [0.15, 0.2) is 17.5 Å². The van der Waals surface area contributed by atoms with E-state index in [-0.39, 0.29) is 5.38 Å². The molecule has 1 N–H and O–H groups in total. The van der Waals surface area contributed by atoms with Crippen molar-refractivity contribution in [1.82, 2.24) is 9.69 Å². The molecule has 1 aromatic heterocycles. The monoisotopic (exact) mass is 200 g/mol. The molecule has 2 nitrogen and oxygen atoms in total. The predicted octanol–water partition coefficient (Wildman–Crippen LogP) is 1.74. The number of aromatic nitrogens is 1. The smallest absolute Gasteiger partial charge is 0.0810 e. The van der Waals surface area contributed by atoms with E-state index in [1.807, 2.05) is 11.4 Å². The molecule has 0 aliphatic carbocycles. The molecule has 0 saturated carbocycles. The quantitative estimate of drug-likeness (QED) is 0.699. The number of hydrogen-bond acceptors (Lipinski definition) is 3. The second-order valence-corrected chi connectivity index (χ2v) is 3.95. The van der Waals surface area contributed by atoms with Crippen molar-refractivity contribution in [3.05, 3.63) is 23.2 Å². The van der Waals surface area contributed by atoms with Gasteiger partial charge in [0.2, 0.25) is 0 Å². The van der Waals surface area contributed by atoms with Crippen LogP contribution >= 0.6 is 23.1 Å². The van der Waals surface area contributed by atoms with Gasteiger partial charge in [0.05, 0.1) is 11.1 Å². The van der Waals surface area contributed by atoms with Gasteiger partial charge in [-0.15, -0.1) is 11.6 Å². The number of hydrogen-bond donors (Lipinski definition) is 1. The van der Waals surface area contributed by atoms with Crippen LogP contribution in [0.25, 0.3) is 5.57 Å². The van der Waals surface area contributed by atoms with Crippen LogP contribution < -0.4 is 5.32 Å². The molecule has 2 heterocycles. The van der Waals surface area contributed by atoms with Crippen LogP contribution in [0, 0.1) is 0 Å². The zero-order valence-corrected chi connectivity index (χ0v) is 8.03. The summed E-state index contributed by atoms with van der Waals surface area (Å²) >= 11 is 7.44. The summed E-state index contributed by atoms with van der Waals surface area (Å²) in [6.45, 7) is 1.74. The third-order valence-corrected chi connectivity index (χ3v) is 2.64. The predicted molar refractivity (Wildman–Crippen MR) is 52.6 cm³/mol. The number of rotatable bonds is 1. The number of halogens is 1. The molecule has 0 fully saturated rings. The van der Waals surface area contributed by atoms with Crippen LogP contribution in [0.3, 0.4) is 0 Å². The first-order valence-corrected chi connectivity index (χ1v) is 5.10. The van der Waals surface area contributed by atoms with E-state index in [4.69, 9.17) is 11.6 Å². The molecule has 1 aliphatic heterocycles. The van der Waals surface area contributed by atoms with Gasteiger partial charge in [0.15, 0.2) is 0 Å². The first kappa shape index (κ1) is 8.23. The maximum absolute atomic E-state index is 5.97. The van der Waals surface area contributed by atoms with E-state index in [1.54, 1.807) is 0 Å². The minimum Gasteiger partial charge on any atom is -0.311 e. The Morgan fingerprint density at radius 1 is 1.67 bits per heavy atom. The average Bonchev–Trinajstić information content (AvgIpc) is 2.56. The van der Waals surface area contributed by atoms with Crippen molar-refractivity contribution >= 4 is 28.7 Å². The summed E-state index contributed by atoms with van der Waals surface area (Å²) in [6.07, 6.45) is 2.08. The van der Waals surface area contributed by atoms with Crippen molar-refractivity contribution in [2.75, 3.05) is 13.1 Å². The zero-order chi connectivity index (χ0) is 8.39. The van der Waals surface area contributed by atoms with E-state index in [1.165, 1.54) is 17.1 Å². The SMILES string of the molecule is ClC1C=C(c2ccsn2)CNC1. The lowest BCUT2D eigenvalue weighted by atomic mass is 10.1. The molecular weight excluding hydrogens is 192 g/mol. The Bertz CT molecular complexity index is 281. The normalized spacial score (nSPS) is 23.8. The van der Waals surface area contributed by atoms with Gasteiger partial charge in [-0.25, -0.2) is 0 Å². The third-order valence-electron chi connectivity index (χ3n) is 1.80. The fourth-order valence-electron chi connectivity index (χ4n) is 1.23. The van der Waals surface area contributed by atoms with Crippen molar-refractivity contribution < 1.29 is 0 Å². The minimum absolute atomic E-state index is 0.107. The van der Waals surface area contributed by atoms with Crippen molar-refractivity contribution in [2.24, 2.45) is 0 Å². The second kappa shape index (κ2) is 3.56. The van der Waals surface area contributed by atoms with Gasteiger partial charge in [0.1, 0.15) is 0 Å². The molecule has 0 bridgehead atoms. The number of nitrogens with one attached hydrogen (secondary N) is 1. The molecule has 1 aromatic rings. The van der Waals surface area contributed by atoms with E-state index in [2.05, 4.69) is 15.8 Å². The van der Waals surface area contributed by atoms with Gasteiger partial charge < -0.3 is 5.32 Å². The van der Waals surface area contributed by atoms with Gasteiger partial charge in [0, 0.05) is 18.5 Å². The Morgan fingerprint density at radius 3 is 3.25 bits per heavy atom. The molecule has 64 valence electrons. The molecular formula is C8H9ClN2S. The first-order chi connectivity index (χ1) is 5.86. The van der Waals surface area contributed by atoms with Crippen molar-refractivity contribution in [3.8, 4) is 0 Å². The van der Waals surface area contributed by atoms with Crippen LogP contribution in [-0.4, -0.2) is 22.8 Å². The second-order valence-electron chi connectivity index (χ2n) is 2.72. The standard InChI is InChI=1S/C8H9ClN2S/c9-7-3-6(4-10-5-7)8-1-2-12-11-8/h1-3,7,10H,4-5H2. The molecule has 1 atom stereocenters. The lowest BCUT2D eigenvalue weighted by Crippen LogP contribution is -2.28.